The van der Waals surface area contributed by atoms with Gasteiger partial charge in [0, 0.05) is 42.1 Å². The van der Waals surface area contributed by atoms with E-state index in [1.807, 2.05) is 26.2 Å². The Morgan fingerprint density at radius 3 is 2.61 bits per heavy atom. The summed E-state index contributed by atoms with van der Waals surface area (Å²) in [5.74, 6) is -0.664. The molecule has 188 valence electrons. The molecule has 0 unspecified atom stereocenters. The fraction of sp³-hybridized carbons (Fsp3) is 0.375. The number of rotatable bonds is 6. The molecule has 0 bridgehead atoms. The number of hydrogen-bond acceptors (Lipinski definition) is 8. The summed E-state index contributed by atoms with van der Waals surface area (Å²) in [5.41, 5.74) is 9.69. The number of carbonyl (C=O) groups is 2. The minimum atomic E-state index is -0.544. The van der Waals surface area contributed by atoms with E-state index < -0.39 is 5.91 Å². The fourth-order valence-electron chi connectivity index (χ4n) is 4.53. The number of aryl methyl sites for hydroxylation is 2. The molecule has 0 spiro atoms. The van der Waals surface area contributed by atoms with E-state index in [1.165, 1.54) is 17.5 Å². The molecule has 0 aliphatic carbocycles. The first-order chi connectivity index (χ1) is 17.2. The van der Waals surface area contributed by atoms with Crippen molar-refractivity contribution >= 4 is 33.7 Å². The molecule has 1 aliphatic rings. The molecule has 2 atom stereocenters. The number of amides is 2. The van der Waals surface area contributed by atoms with E-state index in [0.29, 0.717) is 29.3 Å². The van der Waals surface area contributed by atoms with Gasteiger partial charge in [-0.2, -0.15) is 10.2 Å². The van der Waals surface area contributed by atoms with Crippen LogP contribution in [0.1, 0.15) is 29.9 Å². The van der Waals surface area contributed by atoms with Gasteiger partial charge in [-0.25, -0.2) is 4.52 Å². The number of nitrogens with two attached hydrogens (primary N) is 1. The number of carbonyl (C=O) groups excluding carboxylic acids is 2. The molecule has 3 N–H and O–H groups in total. The quantitative estimate of drug-likeness (QED) is 0.408. The topological polar surface area (TPSA) is 133 Å². The van der Waals surface area contributed by atoms with Crippen molar-refractivity contribution in [3.05, 3.63) is 42.1 Å². The number of thiazole rings is 1. The van der Waals surface area contributed by atoms with Crippen molar-refractivity contribution < 1.29 is 14.3 Å². The van der Waals surface area contributed by atoms with Gasteiger partial charge in [0.05, 0.1) is 60.2 Å². The summed E-state index contributed by atoms with van der Waals surface area (Å²) in [4.78, 5) is 33.2. The summed E-state index contributed by atoms with van der Waals surface area (Å²) < 4.78 is 8.99. The number of nitrogens with one attached hydrogen (secondary N) is 1. The molecule has 36 heavy (non-hydrogen) atoms. The van der Waals surface area contributed by atoms with Crippen molar-refractivity contribution in [2.75, 3.05) is 25.1 Å². The van der Waals surface area contributed by atoms with Gasteiger partial charge < -0.3 is 15.8 Å². The lowest BCUT2D eigenvalue weighted by molar-refractivity contribution is -0.121. The van der Waals surface area contributed by atoms with E-state index in [9.17, 15) is 9.59 Å². The minimum Gasteiger partial charge on any atom is -0.378 e. The maximum absolute atomic E-state index is 12.9. The van der Waals surface area contributed by atoms with Gasteiger partial charge in [0.15, 0.2) is 0 Å². The Balaban J connectivity index is 1.53. The van der Waals surface area contributed by atoms with Gasteiger partial charge in [-0.15, -0.1) is 11.3 Å². The molecule has 11 nitrogen and oxygen atoms in total. The predicted octanol–water partition coefficient (Wildman–Crippen LogP) is 2.31. The number of primary amides is 1. The van der Waals surface area contributed by atoms with Crippen LogP contribution in [0.25, 0.3) is 26.5 Å². The molecular weight excluding hydrogens is 480 g/mol. The van der Waals surface area contributed by atoms with Crippen LogP contribution in [0.2, 0.25) is 0 Å². The standard InChI is InChI=1S/C24H28N8O3S/c1-13-11-35-12-14(2)31(13)10-20(33)29-17-5-18(15(3)26-7-17)21-22(16-6-27-30(4)9-16)36-24-19(23(25)34)8-28-32(21)24/h5-9,13-14H,10-12H2,1-4H3,(H2,25,34)(H,29,33)/t13-,14-/m1/s1. The van der Waals surface area contributed by atoms with E-state index in [1.54, 1.807) is 21.6 Å². The van der Waals surface area contributed by atoms with Crippen LogP contribution in [-0.4, -0.2) is 72.9 Å². The van der Waals surface area contributed by atoms with E-state index in [0.717, 1.165) is 27.4 Å². The highest BCUT2D eigenvalue weighted by molar-refractivity contribution is 7.21. The molecular formula is C24H28N8O3S. The highest BCUT2D eigenvalue weighted by Crippen LogP contribution is 2.41. The SMILES string of the molecule is Cc1ncc(NC(=O)CN2[C@H](C)COC[C@H]2C)cc1-c1c(-c2cnn(C)c2)sc2c(C(N)=O)cnn12. The van der Waals surface area contributed by atoms with Crippen LogP contribution in [-0.2, 0) is 16.6 Å². The molecule has 1 aliphatic heterocycles. The zero-order valence-corrected chi connectivity index (χ0v) is 21.4. The second-order valence-electron chi connectivity index (χ2n) is 9.13. The summed E-state index contributed by atoms with van der Waals surface area (Å²) >= 11 is 1.41. The largest absolute Gasteiger partial charge is 0.378 e. The monoisotopic (exact) mass is 508 g/mol. The van der Waals surface area contributed by atoms with E-state index in [2.05, 4.69) is 39.2 Å². The van der Waals surface area contributed by atoms with Crippen LogP contribution >= 0.6 is 11.3 Å². The second kappa shape index (κ2) is 9.45. The van der Waals surface area contributed by atoms with Gasteiger partial charge >= 0.3 is 0 Å². The number of anilines is 1. The summed E-state index contributed by atoms with van der Waals surface area (Å²) in [6.45, 7) is 7.49. The third-order valence-electron chi connectivity index (χ3n) is 6.39. The van der Waals surface area contributed by atoms with Gasteiger partial charge in [0.2, 0.25) is 5.91 Å². The van der Waals surface area contributed by atoms with Crippen molar-refractivity contribution in [1.82, 2.24) is 29.3 Å². The molecule has 4 aromatic rings. The number of ether oxygens (including phenoxy) is 1. The van der Waals surface area contributed by atoms with Crippen LogP contribution in [0.3, 0.4) is 0 Å². The van der Waals surface area contributed by atoms with Gasteiger partial charge in [-0.3, -0.25) is 24.2 Å². The van der Waals surface area contributed by atoms with Crippen molar-refractivity contribution in [2.24, 2.45) is 12.8 Å². The predicted molar refractivity (Wildman–Crippen MR) is 137 cm³/mol. The van der Waals surface area contributed by atoms with Crippen molar-refractivity contribution in [3.8, 4) is 21.7 Å². The Bertz CT molecular complexity index is 1440. The summed E-state index contributed by atoms with van der Waals surface area (Å²) in [5, 5.41) is 11.8. The molecule has 12 heteroatoms. The average molecular weight is 509 g/mol. The molecule has 1 saturated heterocycles. The number of morpholine rings is 1. The average Bonchev–Trinajstić information content (AvgIpc) is 3.52. The smallest absolute Gasteiger partial charge is 0.253 e. The number of fused-ring (bicyclic) bond motifs is 1. The molecule has 0 aromatic carbocycles. The van der Waals surface area contributed by atoms with Crippen molar-refractivity contribution in [3.63, 3.8) is 0 Å². The van der Waals surface area contributed by atoms with E-state index in [-0.39, 0.29) is 24.5 Å². The van der Waals surface area contributed by atoms with Gasteiger partial charge in [-0.05, 0) is 26.8 Å². The molecule has 0 radical (unpaired) electrons. The number of hydrogen-bond donors (Lipinski definition) is 2. The highest BCUT2D eigenvalue weighted by atomic mass is 32.1. The Labute approximate surface area is 211 Å². The highest BCUT2D eigenvalue weighted by Gasteiger charge is 2.28. The lowest BCUT2D eigenvalue weighted by atomic mass is 10.1. The Morgan fingerprint density at radius 2 is 1.94 bits per heavy atom. The first kappa shape index (κ1) is 24.1. The maximum Gasteiger partial charge on any atom is 0.253 e. The normalized spacial score (nSPS) is 18.6. The Morgan fingerprint density at radius 1 is 1.19 bits per heavy atom. The first-order valence-electron chi connectivity index (χ1n) is 11.6. The van der Waals surface area contributed by atoms with Gasteiger partial charge in [0.25, 0.3) is 5.91 Å². The summed E-state index contributed by atoms with van der Waals surface area (Å²) in [7, 11) is 1.84. The number of nitrogens with zero attached hydrogens (tertiary/aromatic N) is 6. The molecule has 5 rings (SSSR count). The summed E-state index contributed by atoms with van der Waals surface area (Å²) in [6.07, 6.45) is 6.79. The second-order valence-corrected chi connectivity index (χ2v) is 10.1. The van der Waals surface area contributed by atoms with Crippen LogP contribution < -0.4 is 11.1 Å². The molecule has 5 heterocycles. The van der Waals surface area contributed by atoms with Gasteiger partial charge in [0.1, 0.15) is 4.83 Å². The van der Waals surface area contributed by atoms with E-state index in [4.69, 9.17) is 10.5 Å². The number of pyridine rings is 1. The third-order valence-corrected chi connectivity index (χ3v) is 7.60. The zero-order valence-electron chi connectivity index (χ0n) is 20.6. The molecule has 4 aromatic heterocycles. The van der Waals surface area contributed by atoms with Crippen molar-refractivity contribution in [2.45, 2.75) is 32.9 Å². The first-order valence-corrected chi connectivity index (χ1v) is 12.4. The fourth-order valence-corrected chi connectivity index (χ4v) is 5.73. The third kappa shape index (κ3) is 4.38. The lowest BCUT2D eigenvalue weighted by Gasteiger charge is -2.38. The van der Waals surface area contributed by atoms with Crippen LogP contribution in [0.4, 0.5) is 5.69 Å². The number of aromatic nitrogens is 5. The Kier molecular flexibility index (Phi) is 6.33. The van der Waals surface area contributed by atoms with Crippen molar-refractivity contribution in [1.29, 1.82) is 0 Å². The molecule has 0 saturated carbocycles. The molecule has 2 amide bonds. The van der Waals surface area contributed by atoms with Crippen LogP contribution in [0.5, 0.6) is 0 Å². The Hall–Kier alpha value is -3.61. The van der Waals surface area contributed by atoms with E-state index >= 15 is 0 Å². The maximum atomic E-state index is 12.9. The zero-order chi connectivity index (χ0) is 25.6. The minimum absolute atomic E-state index is 0.120. The molecule has 1 fully saturated rings. The lowest BCUT2D eigenvalue weighted by Crippen LogP contribution is -2.52. The van der Waals surface area contributed by atoms with Crippen LogP contribution in [0.15, 0.2) is 30.9 Å². The summed E-state index contributed by atoms with van der Waals surface area (Å²) in [6, 6.07) is 2.21. The van der Waals surface area contributed by atoms with Crippen LogP contribution in [0, 0.1) is 6.92 Å². The van der Waals surface area contributed by atoms with Gasteiger partial charge in [-0.1, -0.05) is 0 Å².